The Bertz CT molecular complexity index is 306. The van der Waals surface area contributed by atoms with Gasteiger partial charge in [0.05, 0.1) is 17.6 Å². The lowest BCUT2D eigenvalue weighted by Crippen LogP contribution is -2.21. The molecule has 0 aliphatic heterocycles. The normalized spacial score (nSPS) is 12.9. The molecule has 0 fully saturated rings. The molecule has 0 bridgehead atoms. The van der Waals surface area contributed by atoms with Crippen molar-refractivity contribution in [3.8, 4) is 0 Å². The molecule has 98 valence electrons. The number of nitrogens with one attached hydrogen (secondary N) is 1. The SMILES string of the molecule is CCNC(CCOCCOC)c1ccc(Cl)s1. The van der Waals surface area contributed by atoms with Crippen LogP contribution in [0.2, 0.25) is 4.34 Å². The van der Waals surface area contributed by atoms with Crippen LogP contribution in [0.15, 0.2) is 12.1 Å². The highest BCUT2D eigenvalue weighted by atomic mass is 35.5. The van der Waals surface area contributed by atoms with Crippen LogP contribution in [0.25, 0.3) is 0 Å². The summed E-state index contributed by atoms with van der Waals surface area (Å²) in [6.45, 7) is 5.08. The molecule has 0 saturated heterocycles. The molecule has 0 aliphatic carbocycles. The number of rotatable bonds is 9. The second-order valence-electron chi connectivity index (χ2n) is 3.65. The third-order valence-electron chi connectivity index (χ3n) is 2.37. The van der Waals surface area contributed by atoms with Crippen LogP contribution < -0.4 is 5.32 Å². The molecule has 0 amide bonds. The number of halogens is 1. The van der Waals surface area contributed by atoms with Gasteiger partial charge >= 0.3 is 0 Å². The average molecular weight is 278 g/mol. The summed E-state index contributed by atoms with van der Waals surface area (Å²) in [5, 5.41) is 3.44. The number of hydrogen-bond donors (Lipinski definition) is 1. The van der Waals surface area contributed by atoms with Crippen molar-refractivity contribution in [1.29, 1.82) is 0 Å². The van der Waals surface area contributed by atoms with Crippen molar-refractivity contribution in [2.24, 2.45) is 0 Å². The van der Waals surface area contributed by atoms with Crippen LogP contribution in [0, 0.1) is 0 Å². The highest BCUT2D eigenvalue weighted by Gasteiger charge is 2.12. The summed E-state index contributed by atoms with van der Waals surface area (Å²) in [5.41, 5.74) is 0. The van der Waals surface area contributed by atoms with E-state index in [9.17, 15) is 0 Å². The molecular weight excluding hydrogens is 258 g/mol. The Morgan fingerprint density at radius 1 is 1.35 bits per heavy atom. The van der Waals surface area contributed by atoms with E-state index < -0.39 is 0 Å². The molecule has 0 radical (unpaired) electrons. The molecule has 1 aromatic rings. The number of ether oxygens (including phenoxy) is 2. The molecule has 5 heteroatoms. The van der Waals surface area contributed by atoms with Crippen molar-refractivity contribution in [3.05, 3.63) is 21.3 Å². The molecule has 0 spiro atoms. The molecule has 3 nitrogen and oxygen atoms in total. The minimum absolute atomic E-state index is 0.333. The first-order chi connectivity index (χ1) is 8.27. The van der Waals surface area contributed by atoms with Gasteiger partial charge in [-0.25, -0.2) is 0 Å². The summed E-state index contributed by atoms with van der Waals surface area (Å²) in [6, 6.07) is 4.35. The van der Waals surface area contributed by atoms with Crippen molar-refractivity contribution < 1.29 is 9.47 Å². The van der Waals surface area contributed by atoms with Gasteiger partial charge in [-0.2, -0.15) is 0 Å². The molecule has 0 aromatic carbocycles. The van der Waals surface area contributed by atoms with E-state index in [0.29, 0.717) is 19.3 Å². The Balaban J connectivity index is 2.33. The first kappa shape index (κ1) is 14.9. The summed E-state index contributed by atoms with van der Waals surface area (Å²) in [6.07, 6.45) is 0.953. The van der Waals surface area contributed by atoms with Gasteiger partial charge in [-0.1, -0.05) is 18.5 Å². The Hall–Kier alpha value is -0.130. The van der Waals surface area contributed by atoms with Gasteiger partial charge in [0.25, 0.3) is 0 Å². The largest absolute Gasteiger partial charge is 0.382 e. The molecule has 1 heterocycles. The van der Waals surface area contributed by atoms with Crippen LogP contribution in [-0.2, 0) is 9.47 Å². The Kier molecular flexibility index (Phi) is 7.81. The van der Waals surface area contributed by atoms with E-state index >= 15 is 0 Å². The average Bonchev–Trinajstić information content (AvgIpc) is 2.74. The summed E-state index contributed by atoms with van der Waals surface area (Å²) in [7, 11) is 1.68. The van der Waals surface area contributed by atoms with Crippen LogP contribution in [-0.4, -0.2) is 33.5 Å². The fourth-order valence-electron chi connectivity index (χ4n) is 1.55. The zero-order valence-corrected chi connectivity index (χ0v) is 11.9. The molecule has 1 unspecified atom stereocenters. The minimum Gasteiger partial charge on any atom is -0.382 e. The molecule has 1 aromatic heterocycles. The first-order valence-corrected chi connectivity index (χ1v) is 7.02. The number of methoxy groups -OCH3 is 1. The third-order valence-corrected chi connectivity index (χ3v) is 3.72. The molecule has 0 saturated carbocycles. The lowest BCUT2D eigenvalue weighted by Gasteiger charge is -2.16. The molecule has 1 N–H and O–H groups in total. The van der Waals surface area contributed by atoms with Crippen molar-refractivity contribution in [2.45, 2.75) is 19.4 Å². The maximum atomic E-state index is 5.95. The highest BCUT2D eigenvalue weighted by molar-refractivity contribution is 7.16. The Labute approximate surface area is 112 Å². The van der Waals surface area contributed by atoms with Gasteiger partial charge in [0.2, 0.25) is 0 Å². The maximum Gasteiger partial charge on any atom is 0.0931 e. The van der Waals surface area contributed by atoms with E-state index in [0.717, 1.165) is 23.9 Å². The van der Waals surface area contributed by atoms with Gasteiger partial charge in [0.1, 0.15) is 0 Å². The fourth-order valence-corrected chi connectivity index (χ4v) is 2.72. The predicted octanol–water partition coefficient (Wildman–Crippen LogP) is 3.11. The van der Waals surface area contributed by atoms with Crippen LogP contribution in [0.3, 0.4) is 0 Å². The van der Waals surface area contributed by atoms with E-state index in [2.05, 4.69) is 18.3 Å². The van der Waals surface area contributed by atoms with Gasteiger partial charge in [-0.05, 0) is 25.1 Å². The summed E-state index contributed by atoms with van der Waals surface area (Å²) < 4.78 is 11.3. The maximum absolute atomic E-state index is 5.95. The second kappa shape index (κ2) is 8.89. The standard InChI is InChI=1S/C12H20ClNO2S/c1-3-14-10(6-7-16-9-8-15-2)11-4-5-12(13)17-11/h4-5,10,14H,3,6-9H2,1-2H3. The lowest BCUT2D eigenvalue weighted by atomic mass is 10.2. The molecule has 1 atom stereocenters. The second-order valence-corrected chi connectivity index (χ2v) is 5.39. The third kappa shape index (κ3) is 5.84. The molecular formula is C12H20ClNO2S. The summed E-state index contributed by atoms with van der Waals surface area (Å²) >= 11 is 7.58. The van der Waals surface area contributed by atoms with Gasteiger partial charge in [0.15, 0.2) is 0 Å². The van der Waals surface area contributed by atoms with Gasteiger partial charge < -0.3 is 14.8 Å². The van der Waals surface area contributed by atoms with Gasteiger partial charge in [-0.3, -0.25) is 0 Å². The first-order valence-electron chi connectivity index (χ1n) is 5.83. The molecule has 0 aliphatic rings. The smallest absolute Gasteiger partial charge is 0.0931 e. The van der Waals surface area contributed by atoms with E-state index in [-0.39, 0.29) is 0 Å². The van der Waals surface area contributed by atoms with Crippen molar-refractivity contribution >= 4 is 22.9 Å². The van der Waals surface area contributed by atoms with E-state index in [4.69, 9.17) is 21.1 Å². The van der Waals surface area contributed by atoms with Crippen LogP contribution >= 0.6 is 22.9 Å². The zero-order valence-electron chi connectivity index (χ0n) is 10.4. The Morgan fingerprint density at radius 2 is 2.18 bits per heavy atom. The topological polar surface area (TPSA) is 30.5 Å². The number of thiophene rings is 1. The van der Waals surface area contributed by atoms with Crippen LogP contribution in [0.5, 0.6) is 0 Å². The van der Waals surface area contributed by atoms with Gasteiger partial charge in [0, 0.05) is 24.6 Å². The predicted molar refractivity (Wildman–Crippen MR) is 73.1 cm³/mol. The van der Waals surface area contributed by atoms with Crippen LogP contribution in [0.1, 0.15) is 24.3 Å². The van der Waals surface area contributed by atoms with E-state index in [1.54, 1.807) is 18.4 Å². The van der Waals surface area contributed by atoms with Gasteiger partial charge in [-0.15, -0.1) is 11.3 Å². The Morgan fingerprint density at radius 3 is 2.76 bits per heavy atom. The van der Waals surface area contributed by atoms with Crippen LogP contribution in [0.4, 0.5) is 0 Å². The quantitative estimate of drug-likeness (QED) is 0.704. The highest BCUT2D eigenvalue weighted by Crippen LogP contribution is 2.28. The zero-order chi connectivity index (χ0) is 12.5. The van der Waals surface area contributed by atoms with Crippen molar-refractivity contribution in [3.63, 3.8) is 0 Å². The monoisotopic (exact) mass is 277 g/mol. The number of hydrogen-bond acceptors (Lipinski definition) is 4. The fraction of sp³-hybridized carbons (Fsp3) is 0.667. The van der Waals surface area contributed by atoms with Crippen molar-refractivity contribution in [2.75, 3.05) is 33.5 Å². The molecule has 17 heavy (non-hydrogen) atoms. The van der Waals surface area contributed by atoms with Crippen molar-refractivity contribution in [1.82, 2.24) is 5.32 Å². The minimum atomic E-state index is 0.333. The van der Waals surface area contributed by atoms with E-state index in [1.807, 2.05) is 6.07 Å². The molecule has 1 rings (SSSR count). The van der Waals surface area contributed by atoms with E-state index in [1.165, 1.54) is 4.88 Å². The summed E-state index contributed by atoms with van der Waals surface area (Å²) in [5.74, 6) is 0. The summed E-state index contributed by atoms with van der Waals surface area (Å²) in [4.78, 5) is 1.27. The lowest BCUT2D eigenvalue weighted by molar-refractivity contribution is 0.0660.